The second-order valence-corrected chi connectivity index (χ2v) is 5.84. The summed E-state index contributed by atoms with van der Waals surface area (Å²) < 4.78 is 5.42. The zero-order valence-corrected chi connectivity index (χ0v) is 14.0. The van der Waals surface area contributed by atoms with Crippen molar-refractivity contribution in [2.75, 3.05) is 29.9 Å². The molecule has 0 aliphatic carbocycles. The van der Waals surface area contributed by atoms with E-state index in [1.54, 1.807) is 18.3 Å². The highest BCUT2D eigenvalue weighted by atomic mass is 16.5. The Morgan fingerprint density at radius 2 is 1.92 bits per heavy atom. The Morgan fingerprint density at radius 1 is 1.17 bits per heavy atom. The van der Waals surface area contributed by atoms with Crippen molar-refractivity contribution in [3.8, 4) is 5.88 Å². The monoisotopic (exact) mass is 325 g/mol. The van der Waals surface area contributed by atoms with E-state index in [0.29, 0.717) is 18.1 Å². The second kappa shape index (κ2) is 7.81. The number of nitrogens with zero attached hydrogens (tertiary/aromatic N) is 2. The number of hydrogen-bond acceptors (Lipinski definition) is 4. The van der Waals surface area contributed by atoms with Gasteiger partial charge < -0.3 is 15.0 Å². The minimum absolute atomic E-state index is 0.211. The summed E-state index contributed by atoms with van der Waals surface area (Å²) in [5.41, 5.74) is 2.43. The Hall–Kier alpha value is -2.56. The quantitative estimate of drug-likeness (QED) is 0.910. The molecular weight excluding hydrogens is 302 g/mol. The first-order valence-electron chi connectivity index (χ1n) is 8.52. The highest BCUT2D eigenvalue weighted by Crippen LogP contribution is 2.23. The van der Waals surface area contributed by atoms with E-state index in [1.165, 1.54) is 24.9 Å². The summed E-state index contributed by atoms with van der Waals surface area (Å²) in [4.78, 5) is 19.0. The molecule has 1 aromatic heterocycles. The largest absolute Gasteiger partial charge is 0.477 e. The van der Waals surface area contributed by atoms with Crippen molar-refractivity contribution in [2.24, 2.45) is 0 Å². The molecule has 0 radical (unpaired) electrons. The lowest BCUT2D eigenvalue weighted by Crippen LogP contribution is -2.29. The molecule has 0 atom stereocenters. The van der Waals surface area contributed by atoms with Crippen LogP contribution in [0.3, 0.4) is 0 Å². The lowest BCUT2D eigenvalue weighted by Gasteiger charge is -2.28. The molecule has 5 heteroatoms. The normalized spacial score (nSPS) is 14.3. The summed E-state index contributed by atoms with van der Waals surface area (Å²) >= 11 is 0. The van der Waals surface area contributed by atoms with Crippen LogP contribution >= 0.6 is 0 Å². The number of ether oxygens (including phenoxy) is 1. The fourth-order valence-electron chi connectivity index (χ4n) is 2.92. The van der Waals surface area contributed by atoms with Crippen LogP contribution in [0.2, 0.25) is 0 Å². The van der Waals surface area contributed by atoms with E-state index in [0.717, 1.165) is 18.8 Å². The first kappa shape index (κ1) is 16.3. The highest BCUT2D eigenvalue weighted by Gasteiger charge is 2.14. The number of benzene rings is 1. The number of piperidine rings is 1. The smallest absolute Gasteiger partial charge is 0.261 e. The molecule has 2 aromatic rings. The minimum Gasteiger partial charge on any atom is -0.477 e. The fourth-order valence-corrected chi connectivity index (χ4v) is 2.92. The molecule has 5 nitrogen and oxygen atoms in total. The van der Waals surface area contributed by atoms with Gasteiger partial charge in [0.15, 0.2) is 0 Å². The van der Waals surface area contributed by atoms with Gasteiger partial charge in [-0.1, -0.05) is 0 Å². The molecular formula is C19H23N3O2. The van der Waals surface area contributed by atoms with Gasteiger partial charge in [-0.2, -0.15) is 0 Å². The maximum atomic E-state index is 12.5. The Labute approximate surface area is 142 Å². The van der Waals surface area contributed by atoms with Crippen LogP contribution in [0.4, 0.5) is 11.4 Å². The van der Waals surface area contributed by atoms with Gasteiger partial charge in [0.05, 0.1) is 6.61 Å². The van der Waals surface area contributed by atoms with Crippen LogP contribution in [0, 0.1) is 0 Å². The molecule has 1 saturated heterocycles. The van der Waals surface area contributed by atoms with E-state index in [1.807, 2.05) is 19.1 Å². The Balaban J connectivity index is 1.68. The number of pyridine rings is 1. The molecule has 0 saturated carbocycles. The van der Waals surface area contributed by atoms with Gasteiger partial charge >= 0.3 is 0 Å². The molecule has 1 fully saturated rings. The van der Waals surface area contributed by atoms with E-state index in [2.05, 4.69) is 27.3 Å². The van der Waals surface area contributed by atoms with Crippen molar-refractivity contribution in [2.45, 2.75) is 26.2 Å². The molecule has 1 aromatic carbocycles. The van der Waals surface area contributed by atoms with Crippen molar-refractivity contribution < 1.29 is 9.53 Å². The van der Waals surface area contributed by atoms with E-state index < -0.39 is 0 Å². The predicted molar refractivity (Wildman–Crippen MR) is 95.9 cm³/mol. The van der Waals surface area contributed by atoms with Gasteiger partial charge in [0.1, 0.15) is 5.56 Å². The summed E-state index contributed by atoms with van der Waals surface area (Å²) in [6.45, 7) is 4.57. The first-order valence-corrected chi connectivity index (χ1v) is 8.52. The molecule has 1 amide bonds. The number of aromatic nitrogens is 1. The van der Waals surface area contributed by atoms with Gasteiger partial charge in [-0.3, -0.25) is 4.79 Å². The predicted octanol–water partition coefficient (Wildman–Crippen LogP) is 3.72. The summed E-state index contributed by atoms with van der Waals surface area (Å²) in [7, 11) is 0. The standard InChI is InChI=1S/C19H23N3O2/c1-2-24-19-17(7-6-12-20-19)18(23)21-15-8-10-16(11-9-15)22-13-4-3-5-14-22/h6-12H,2-5,13-14H2,1H3,(H,21,23). The third-order valence-corrected chi connectivity index (χ3v) is 4.14. The molecule has 1 aliphatic heterocycles. The molecule has 126 valence electrons. The van der Waals surface area contributed by atoms with Crippen molar-refractivity contribution in [1.29, 1.82) is 0 Å². The van der Waals surface area contributed by atoms with Crippen LogP contribution < -0.4 is 15.0 Å². The number of rotatable bonds is 5. The topological polar surface area (TPSA) is 54.5 Å². The third-order valence-electron chi connectivity index (χ3n) is 4.14. The molecule has 1 N–H and O–H groups in total. The Kier molecular flexibility index (Phi) is 5.31. The van der Waals surface area contributed by atoms with Gasteiger partial charge in [0.2, 0.25) is 5.88 Å². The zero-order valence-electron chi connectivity index (χ0n) is 14.0. The molecule has 0 unspecified atom stereocenters. The summed E-state index contributed by atoms with van der Waals surface area (Å²) in [6, 6.07) is 11.5. The SMILES string of the molecule is CCOc1ncccc1C(=O)Nc1ccc(N2CCCCC2)cc1. The van der Waals surface area contributed by atoms with Crippen molar-refractivity contribution in [3.63, 3.8) is 0 Å². The number of amides is 1. The number of nitrogens with one attached hydrogen (secondary N) is 1. The molecule has 1 aliphatic rings. The summed E-state index contributed by atoms with van der Waals surface area (Å²) in [6.07, 6.45) is 5.44. The second-order valence-electron chi connectivity index (χ2n) is 5.84. The van der Waals surface area contributed by atoms with Crippen LogP contribution in [0.5, 0.6) is 5.88 Å². The Bertz CT molecular complexity index is 679. The third kappa shape index (κ3) is 3.85. The number of anilines is 2. The molecule has 2 heterocycles. The Morgan fingerprint density at radius 3 is 2.62 bits per heavy atom. The fraction of sp³-hybridized carbons (Fsp3) is 0.368. The van der Waals surface area contributed by atoms with Crippen LogP contribution in [0.1, 0.15) is 36.5 Å². The minimum atomic E-state index is -0.211. The number of carbonyl (C=O) groups excluding carboxylic acids is 1. The maximum absolute atomic E-state index is 12.5. The summed E-state index contributed by atoms with van der Waals surface area (Å²) in [5.74, 6) is 0.153. The van der Waals surface area contributed by atoms with Gasteiger partial charge in [-0.05, 0) is 62.6 Å². The maximum Gasteiger partial charge on any atom is 0.261 e. The molecule has 3 rings (SSSR count). The zero-order chi connectivity index (χ0) is 16.8. The highest BCUT2D eigenvalue weighted by molar-refractivity contribution is 6.05. The average Bonchev–Trinajstić information content (AvgIpc) is 2.64. The van der Waals surface area contributed by atoms with Crippen molar-refractivity contribution in [3.05, 3.63) is 48.2 Å². The average molecular weight is 325 g/mol. The van der Waals surface area contributed by atoms with Gasteiger partial charge in [-0.25, -0.2) is 4.98 Å². The molecule has 0 bridgehead atoms. The van der Waals surface area contributed by atoms with Crippen molar-refractivity contribution in [1.82, 2.24) is 4.98 Å². The van der Waals surface area contributed by atoms with Crippen LogP contribution in [-0.2, 0) is 0 Å². The van der Waals surface area contributed by atoms with Crippen LogP contribution in [-0.4, -0.2) is 30.6 Å². The van der Waals surface area contributed by atoms with Gasteiger partial charge in [0.25, 0.3) is 5.91 Å². The first-order chi connectivity index (χ1) is 11.8. The number of hydrogen-bond donors (Lipinski definition) is 1. The van der Waals surface area contributed by atoms with E-state index in [9.17, 15) is 4.79 Å². The summed E-state index contributed by atoms with van der Waals surface area (Å²) in [5, 5.41) is 2.91. The number of carbonyl (C=O) groups is 1. The molecule has 0 spiro atoms. The van der Waals surface area contributed by atoms with Crippen molar-refractivity contribution >= 4 is 17.3 Å². The van der Waals surface area contributed by atoms with Crippen LogP contribution in [0.25, 0.3) is 0 Å². The van der Waals surface area contributed by atoms with Gasteiger partial charge in [-0.15, -0.1) is 0 Å². The van der Waals surface area contributed by atoms with E-state index in [-0.39, 0.29) is 5.91 Å². The lowest BCUT2D eigenvalue weighted by atomic mass is 10.1. The van der Waals surface area contributed by atoms with E-state index in [4.69, 9.17) is 4.74 Å². The van der Waals surface area contributed by atoms with Crippen LogP contribution in [0.15, 0.2) is 42.6 Å². The molecule has 24 heavy (non-hydrogen) atoms. The lowest BCUT2D eigenvalue weighted by molar-refractivity contribution is 0.102. The van der Waals surface area contributed by atoms with E-state index >= 15 is 0 Å². The van der Waals surface area contributed by atoms with Gasteiger partial charge in [0, 0.05) is 30.7 Å².